The largest absolute Gasteiger partial charge is 0.495 e. The second-order valence-electron chi connectivity index (χ2n) is 5.13. The minimum atomic E-state index is -0.305. The molecule has 0 spiro atoms. The van der Waals surface area contributed by atoms with Gasteiger partial charge >= 0.3 is 0 Å². The van der Waals surface area contributed by atoms with Gasteiger partial charge in [0.15, 0.2) is 0 Å². The Morgan fingerprint density at radius 3 is 2.54 bits per heavy atom. The molecule has 2 rings (SSSR count). The summed E-state index contributed by atoms with van der Waals surface area (Å²) in [6.07, 6.45) is 3.29. The minimum Gasteiger partial charge on any atom is -0.495 e. The summed E-state index contributed by atoms with van der Waals surface area (Å²) in [5.74, 6) is 0.0351. The summed E-state index contributed by atoms with van der Waals surface area (Å²) in [5, 5.41) is 3.12. The molecule has 0 fully saturated rings. The molecule has 0 aliphatic carbocycles. The molecule has 6 nitrogen and oxygen atoms in total. The lowest BCUT2D eigenvalue weighted by Crippen LogP contribution is -2.36. The van der Waals surface area contributed by atoms with E-state index in [9.17, 15) is 9.59 Å². The molecule has 0 bridgehead atoms. The molecule has 1 aromatic heterocycles. The molecule has 1 N–H and O–H groups in total. The van der Waals surface area contributed by atoms with Gasteiger partial charge in [-0.05, 0) is 35.9 Å². The Bertz CT molecular complexity index is 722. The van der Waals surface area contributed by atoms with Crippen molar-refractivity contribution in [3.05, 3.63) is 53.3 Å². The highest BCUT2D eigenvalue weighted by atomic mass is 35.5. The molecule has 2 aromatic rings. The summed E-state index contributed by atoms with van der Waals surface area (Å²) in [7, 11) is 1.52. The number of methoxy groups -OCH3 is 1. The van der Waals surface area contributed by atoms with Crippen LogP contribution in [0, 0.1) is 0 Å². The van der Waals surface area contributed by atoms with Gasteiger partial charge in [-0.3, -0.25) is 14.6 Å². The number of hydrogen-bond acceptors (Lipinski definition) is 4. The van der Waals surface area contributed by atoms with Gasteiger partial charge in [0, 0.05) is 31.5 Å². The molecule has 0 saturated carbocycles. The Morgan fingerprint density at radius 1 is 1.25 bits per heavy atom. The van der Waals surface area contributed by atoms with Crippen LogP contribution in [0.5, 0.6) is 5.75 Å². The van der Waals surface area contributed by atoms with Gasteiger partial charge < -0.3 is 15.0 Å². The summed E-state index contributed by atoms with van der Waals surface area (Å²) in [5.41, 5.74) is 1.44. The molecular formula is C17H18ClN3O3. The van der Waals surface area contributed by atoms with Crippen LogP contribution in [-0.2, 0) is 16.1 Å². The van der Waals surface area contributed by atoms with Crippen molar-refractivity contribution in [1.82, 2.24) is 9.88 Å². The number of amides is 2. The van der Waals surface area contributed by atoms with Gasteiger partial charge in [0.2, 0.25) is 11.8 Å². The topological polar surface area (TPSA) is 71.5 Å². The first kappa shape index (κ1) is 17.7. The first-order valence-electron chi connectivity index (χ1n) is 7.27. The molecule has 0 radical (unpaired) electrons. The number of ether oxygens (including phenoxy) is 1. The van der Waals surface area contributed by atoms with Gasteiger partial charge in [-0.25, -0.2) is 0 Å². The molecular weight excluding hydrogens is 330 g/mol. The zero-order chi connectivity index (χ0) is 17.5. The van der Waals surface area contributed by atoms with Crippen LogP contribution in [0.1, 0.15) is 12.5 Å². The number of halogens is 1. The maximum Gasteiger partial charge on any atom is 0.244 e. The van der Waals surface area contributed by atoms with Gasteiger partial charge in [0.25, 0.3) is 0 Å². The van der Waals surface area contributed by atoms with Crippen LogP contribution >= 0.6 is 11.6 Å². The minimum absolute atomic E-state index is 0.0543. The highest BCUT2D eigenvalue weighted by Crippen LogP contribution is 2.27. The van der Waals surface area contributed by atoms with Crippen LogP contribution in [-0.4, -0.2) is 35.4 Å². The quantitative estimate of drug-likeness (QED) is 0.872. The first-order chi connectivity index (χ1) is 11.5. The standard InChI is InChI=1S/C17H18ClN3O3/c1-12(22)21(10-13-5-7-19-8-6-13)11-17(23)20-14-3-4-16(24-2)15(18)9-14/h3-9H,10-11H2,1-2H3,(H,20,23). The summed E-state index contributed by atoms with van der Waals surface area (Å²) in [6, 6.07) is 8.55. The zero-order valence-electron chi connectivity index (χ0n) is 13.5. The van der Waals surface area contributed by atoms with Crippen molar-refractivity contribution in [3.8, 4) is 5.75 Å². The third kappa shape index (κ3) is 4.96. The van der Waals surface area contributed by atoms with Gasteiger partial charge in [-0.2, -0.15) is 0 Å². The number of hydrogen-bond donors (Lipinski definition) is 1. The van der Waals surface area contributed by atoms with E-state index in [2.05, 4.69) is 10.3 Å². The fraction of sp³-hybridized carbons (Fsp3) is 0.235. The van der Waals surface area contributed by atoms with E-state index in [1.54, 1.807) is 42.7 Å². The van der Waals surface area contributed by atoms with Crippen LogP contribution in [0.3, 0.4) is 0 Å². The molecule has 0 unspecified atom stereocenters. The lowest BCUT2D eigenvalue weighted by atomic mass is 10.2. The Hall–Kier alpha value is -2.60. The number of nitrogens with one attached hydrogen (secondary N) is 1. The zero-order valence-corrected chi connectivity index (χ0v) is 14.2. The van der Waals surface area contributed by atoms with E-state index in [1.807, 2.05) is 0 Å². The SMILES string of the molecule is COc1ccc(NC(=O)CN(Cc2ccncc2)C(C)=O)cc1Cl. The summed E-state index contributed by atoms with van der Waals surface area (Å²) in [4.78, 5) is 29.3. The van der Waals surface area contributed by atoms with E-state index in [1.165, 1.54) is 18.9 Å². The normalized spacial score (nSPS) is 10.1. The fourth-order valence-electron chi connectivity index (χ4n) is 2.11. The molecule has 126 valence electrons. The second kappa shape index (κ2) is 8.31. The number of carbonyl (C=O) groups is 2. The van der Waals surface area contributed by atoms with Crippen molar-refractivity contribution in [2.75, 3.05) is 19.0 Å². The number of nitrogens with zero attached hydrogens (tertiary/aromatic N) is 2. The summed E-state index contributed by atoms with van der Waals surface area (Å²) >= 11 is 6.03. The Kier molecular flexibility index (Phi) is 6.14. The Morgan fingerprint density at radius 2 is 1.96 bits per heavy atom. The number of aromatic nitrogens is 1. The van der Waals surface area contributed by atoms with Crippen molar-refractivity contribution in [2.24, 2.45) is 0 Å². The molecule has 7 heteroatoms. The van der Waals surface area contributed by atoms with Crippen molar-refractivity contribution in [1.29, 1.82) is 0 Å². The fourth-order valence-corrected chi connectivity index (χ4v) is 2.36. The van der Waals surface area contributed by atoms with E-state index in [-0.39, 0.29) is 18.4 Å². The van der Waals surface area contributed by atoms with Crippen LogP contribution in [0.4, 0.5) is 5.69 Å². The smallest absolute Gasteiger partial charge is 0.244 e. The lowest BCUT2D eigenvalue weighted by molar-refractivity contribution is -0.133. The van der Waals surface area contributed by atoms with Crippen molar-refractivity contribution >= 4 is 29.1 Å². The van der Waals surface area contributed by atoms with Gasteiger partial charge in [0.05, 0.1) is 12.1 Å². The maximum atomic E-state index is 12.2. The summed E-state index contributed by atoms with van der Waals surface area (Å²) in [6.45, 7) is 1.72. The summed E-state index contributed by atoms with van der Waals surface area (Å²) < 4.78 is 5.06. The molecule has 0 aliphatic heterocycles. The van der Waals surface area contributed by atoms with Crippen LogP contribution in [0.25, 0.3) is 0 Å². The van der Waals surface area contributed by atoms with E-state index >= 15 is 0 Å². The second-order valence-corrected chi connectivity index (χ2v) is 5.54. The first-order valence-corrected chi connectivity index (χ1v) is 7.65. The average molecular weight is 348 g/mol. The third-order valence-electron chi connectivity index (χ3n) is 3.34. The highest BCUT2D eigenvalue weighted by molar-refractivity contribution is 6.32. The highest BCUT2D eigenvalue weighted by Gasteiger charge is 2.15. The number of pyridine rings is 1. The van der Waals surface area contributed by atoms with Crippen LogP contribution in [0.15, 0.2) is 42.7 Å². The van der Waals surface area contributed by atoms with Gasteiger partial charge in [-0.15, -0.1) is 0 Å². The molecule has 2 amide bonds. The van der Waals surface area contributed by atoms with Crippen LogP contribution < -0.4 is 10.1 Å². The number of benzene rings is 1. The van der Waals surface area contributed by atoms with E-state index in [4.69, 9.17) is 16.3 Å². The molecule has 0 aliphatic rings. The maximum absolute atomic E-state index is 12.2. The molecule has 0 saturated heterocycles. The van der Waals surface area contributed by atoms with E-state index < -0.39 is 0 Å². The number of carbonyl (C=O) groups excluding carboxylic acids is 2. The predicted molar refractivity (Wildman–Crippen MR) is 92.0 cm³/mol. The molecule has 0 atom stereocenters. The molecule has 1 aromatic carbocycles. The number of anilines is 1. The third-order valence-corrected chi connectivity index (χ3v) is 3.63. The van der Waals surface area contributed by atoms with Gasteiger partial charge in [0.1, 0.15) is 12.3 Å². The predicted octanol–water partition coefficient (Wildman–Crippen LogP) is 2.73. The Labute approximate surface area is 145 Å². The number of rotatable bonds is 6. The Balaban J connectivity index is 2.00. The average Bonchev–Trinajstić information content (AvgIpc) is 2.55. The van der Waals surface area contributed by atoms with Gasteiger partial charge in [-0.1, -0.05) is 11.6 Å². The monoisotopic (exact) mass is 347 g/mol. The van der Waals surface area contributed by atoms with E-state index in [0.717, 1.165) is 5.56 Å². The molecule has 1 heterocycles. The molecule has 24 heavy (non-hydrogen) atoms. The van der Waals surface area contributed by atoms with Crippen LogP contribution in [0.2, 0.25) is 5.02 Å². The van der Waals surface area contributed by atoms with Crippen molar-refractivity contribution in [3.63, 3.8) is 0 Å². The van der Waals surface area contributed by atoms with E-state index in [0.29, 0.717) is 23.0 Å². The van der Waals surface area contributed by atoms with Crippen molar-refractivity contribution < 1.29 is 14.3 Å². The van der Waals surface area contributed by atoms with Crippen molar-refractivity contribution in [2.45, 2.75) is 13.5 Å². The lowest BCUT2D eigenvalue weighted by Gasteiger charge is -2.20.